The zero-order chi connectivity index (χ0) is 37.1. The van der Waals surface area contributed by atoms with Gasteiger partial charge in [-0.3, -0.25) is 0 Å². The highest BCUT2D eigenvalue weighted by Crippen LogP contribution is 2.56. The number of fused-ring (bicyclic) bond motifs is 9. The van der Waals surface area contributed by atoms with Crippen molar-refractivity contribution in [2.75, 3.05) is 0 Å². The molecule has 2 aliphatic rings. The predicted octanol–water partition coefficient (Wildman–Crippen LogP) is 14.1. The van der Waals surface area contributed by atoms with Gasteiger partial charge in [0.15, 0.2) is 5.82 Å². The molecule has 0 aliphatic heterocycles. The van der Waals surface area contributed by atoms with Crippen LogP contribution in [0.3, 0.4) is 0 Å². The summed E-state index contributed by atoms with van der Waals surface area (Å²) in [7, 11) is 0. The van der Waals surface area contributed by atoms with E-state index in [-0.39, 0.29) is 10.8 Å². The second-order valence-electron chi connectivity index (χ2n) is 16.2. The summed E-state index contributed by atoms with van der Waals surface area (Å²) >= 11 is 1.77. The van der Waals surface area contributed by atoms with E-state index in [9.17, 15) is 0 Å². The molecule has 55 heavy (non-hydrogen) atoms. The van der Waals surface area contributed by atoms with E-state index in [2.05, 4.69) is 167 Å². The van der Waals surface area contributed by atoms with E-state index in [1.54, 1.807) is 11.3 Å². The van der Waals surface area contributed by atoms with Gasteiger partial charge in [-0.1, -0.05) is 155 Å². The van der Waals surface area contributed by atoms with E-state index in [1.807, 2.05) is 18.2 Å². The standard InChI is InChI=1S/C52H38N2S/c1-51(2)42-19-10-8-17-37(42)40-29-45-41(30-44(40)51)38-26-25-36(28-43(38)52(45,3)4)35-16-12-15-34(27-35)31-21-23-32(24-22-31)47-49-48(39-18-9-11-20-46(39)55-49)54-50(53-47)33-13-6-5-7-14-33/h5-30H,1-4H3. The van der Waals surface area contributed by atoms with E-state index >= 15 is 0 Å². The van der Waals surface area contributed by atoms with Crippen LogP contribution in [-0.2, 0) is 10.8 Å². The molecule has 0 radical (unpaired) electrons. The van der Waals surface area contributed by atoms with Gasteiger partial charge in [-0.2, -0.15) is 0 Å². The van der Waals surface area contributed by atoms with Crippen molar-refractivity contribution in [3.05, 3.63) is 180 Å². The Hall–Kier alpha value is -6.16. The summed E-state index contributed by atoms with van der Waals surface area (Å²) in [6.07, 6.45) is 0. The summed E-state index contributed by atoms with van der Waals surface area (Å²) in [4.78, 5) is 10.3. The quantitative estimate of drug-likeness (QED) is 0.181. The van der Waals surface area contributed by atoms with Crippen LogP contribution in [-0.4, -0.2) is 9.97 Å². The first kappa shape index (κ1) is 32.3. The Morgan fingerprint density at radius 1 is 0.400 bits per heavy atom. The highest BCUT2D eigenvalue weighted by molar-refractivity contribution is 7.26. The Balaban J connectivity index is 0.951. The molecular formula is C52H38N2S. The molecule has 0 fully saturated rings. The summed E-state index contributed by atoms with van der Waals surface area (Å²) in [6, 6.07) is 57.8. The molecule has 262 valence electrons. The van der Waals surface area contributed by atoms with Crippen molar-refractivity contribution in [3.8, 4) is 67.2 Å². The normalized spacial score (nSPS) is 14.5. The van der Waals surface area contributed by atoms with Crippen LogP contribution < -0.4 is 0 Å². The Morgan fingerprint density at radius 3 is 1.75 bits per heavy atom. The number of hydrogen-bond acceptors (Lipinski definition) is 3. The number of benzene rings is 7. The van der Waals surface area contributed by atoms with Gasteiger partial charge in [0.25, 0.3) is 0 Å². The van der Waals surface area contributed by atoms with E-state index in [1.165, 1.54) is 76.8 Å². The van der Waals surface area contributed by atoms with Gasteiger partial charge in [0, 0.05) is 32.0 Å². The second kappa shape index (κ2) is 11.7. The van der Waals surface area contributed by atoms with Gasteiger partial charge in [-0.25, -0.2) is 9.97 Å². The lowest BCUT2D eigenvalue weighted by Crippen LogP contribution is -2.17. The molecule has 0 saturated carbocycles. The monoisotopic (exact) mass is 722 g/mol. The SMILES string of the molecule is CC1(C)c2ccccc2-c2cc3c(cc21)-c1ccc(-c2cccc(-c4ccc(-c5nc(-c6ccccc6)nc6c5sc5ccccc56)cc4)c2)cc1C3(C)C. The summed E-state index contributed by atoms with van der Waals surface area (Å²) in [5.41, 5.74) is 20.0. The zero-order valence-electron chi connectivity index (χ0n) is 31.3. The maximum absolute atomic E-state index is 5.18. The van der Waals surface area contributed by atoms with Crippen molar-refractivity contribution in [1.29, 1.82) is 0 Å². The highest BCUT2D eigenvalue weighted by atomic mass is 32.1. The maximum atomic E-state index is 5.18. The number of hydrogen-bond donors (Lipinski definition) is 0. The van der Waals surface area contributed by atoms with Gasteiger partial charge in [-0.15, -0.1) is 11.3 Å². The van der Waals surface area contributed by atoms with Crippen molar-refractivity contribution in [2.24, 2.45) is 0 Å². The van der Waals surface area contributed by atoms with E-state index in [4.69, 9.17) is 9.97 Å². The molecule has 2 aliphatic carbocycles. The van der Waals surface area contributed by atoms with E-state index in [0.717, 1.165) is 32.9 Å². The van der Waals surface area contributed by atoms with Crippen LogP contribution in [0.1, 0.15) is 49.9 Å². The van der Waals surface area contributed by atoms with Gasteiger partial charge < -0.3 is 0 Å². The zero-order valence-corrected chi connectivity index (χ0v) is 32.1. The second-order valence-corrected chi connectivity index (χ2v) is 17.2. The van der Waals surface area contributed by atoms with Crippen molar-refractivity contribution >= 4 is 31.6 Å². The molecule has 11 rings (SSSR count). The number of rotatable bonds is 4. The molecule has 0 N–H and O–H groups in total. The molecule has 0 atom stereocenters. The summed E-state index contributed by atoms with van der Waals surface area (Å²) in [5.74, 6) is 0.752. The van der Waals surface area contributed by atoms with Crippen molar-refractivity contribution in [3.63, 3.8) is 0 Å². The fraction of sp³-hybridized carbons (Fsp3) is 0.115. The smallest absolute Gasteiger partial charge is 0.160 e. The molecule has 2 heterocycles. The number of aromatic nitrogens is 2. The maximum Gasteiger partial charge on any atom is 0.160 e. The average Bonchev–Trinajstić information content (AvgIpc) is 3.79. The third kappa shape index (κ3) is 4.79. The third-order valence-electron chi connectivity index (χ3n) is 12.3. The molecule has 9 aromatic rings. The van der Waals surface area contributed by atoms with Crippen LogP contribution in [0.5, 0.6) is 0 Å². The third-order valence-corrected chi connectivity index (χ3v) is 13.5. The number of thiophene rings is 1. The van der Waals surface area contributed by atoms with Gasteiger partial charge in [-0.05, 0) is 97.1 Å². The molecule has 2 nitrogen and oxygen atoms in total. The minimum absolute atomic E-state index is 0.0167. The molecule has 7 aromatic carbocycles. The van der Waals surface area contributed by atoms with Crippen LogP contribution in [0.25, 0.3) is 87.5 Å². The largest absolute Gasteiger partial charge is 0.226 e. The molecular weight excluding hydrogens is 685 g/mol. The Labute approximate surface area is 325 Å². The van der Waals surface area contributed by atoms with Gasteiger partial charge in [0.1, 0.15) is 0 Å². The number of nitrogens with zero attached hydrogens (tertiary/aromatic N) is 2. The first-order valence-electron chi connectivity index (χ1n) is 19.2. The first-order chi connectivity index (χ1) is 26.8. The van der Waals surface area contributed by atoms with Crippen LogP contribution in [0.2, 0.25) is 0 Å². The molecule has 0 amide bonds. The summed E-state index contributed by atoms with van der Waals surface area (Å²) < 4.78 is 2.35. The fourth-order valence-electron chi connectivity index (χ4n) is 9.31. The minimum atomic E-state index is -0.105. The summed E-state index contributed by atoms with van der Waals surface area (Å²) in [6.45, 7) is 9.53. The summed E-state index contributed by atoms with van der Waals surface area (Å²) in [5, 5.41) is 1.17. The van der Waals surface area contributed by atoms with Gasteiger partial charge in [0.05, 0.1) is 15.9 Å². The van der Waals surface area contributed by atoms with Crippen molar-refractivity contribution in [1.82, 2.24) is 9.97 Å². The minimum Gasteiger partial charge on any atom is -0.226 e. The van der Waals surface area contributed by atoms with E-state index in [0.29, 0.717) is 0 Å². The average molecular weight is 723 g/mol. The first-order valence-corrected chi connectivity index (χ1v) is 20.0. The van der Waals surface area contributed by atoms with Crippen molar-refractivity contribution < 1.29 is 0 Å². The molecule has 2 aromatic heterocycles. The van der Waals surface area contributed by atoms with Gasteiger partial charge >= 0.3 is 0 Å². The molecule has 0 spiro atoms. The highest BCUT2D eigenvalue weighted by Gasteiger charge is 2.41. The Kier molecular flexibility index (Phi) is 6.85. The fourth-order valence-corrected chi connectivity index (χ4v) is 10.5. The Bertz CT molecular complexity index is 3020. The molecule has 3 heteroatoms. The molecule has 0 unspecified atom stereocenters. The van der Waals surface area contributed by atoms with Crippen LogP contribution >= 0.6 is 11.3 Å². The van der Waals surface area contributed by atoms with Crippen LogP contribution in [0.15, 0.2) is 158 Å². The lowest BCUT2D eigenvalue weighted by molar-refractivity contribution is 0.652. The van der Waals surface area contributed by atoms with E-state index < -0.39 is 0 Å². The van der Waals surface area contributed by atoms with Gasteiger partial charge in [0.2, 0.25) is 0 Å². The molecule has 0 bridgehead atoms. The topological polar surface area (TPSA) is 25.8 Å². The predicted molar refractivity (Wildman–Crippen MR) is 232 cm³/mol. The van der Waals surface area contributed by atoms with Crippen LogP contribution in [0, 0.1) is 0 Å². The Morgan fingerprint density at radius 2 is 0.964 bits per heavy atom. The van der Waals surface area contributed by atoms with Crippen molar-refractivity contribution in [2.45, 2.75) is 38.5 Å². The lowest BCUT2D eigenvalue weighted by Gasteiger charge is -2.24. The van der Waals surface area contributed by atoms with Crippen LogP contribution in [0.4, 0.5) is 0 Å². The lowest BCUT2D eigenvalue weighted by atomic mass is 9.79. The molecule has 0 saturated heterocycles.